The number of nitrogens with two attached hydrogens (primary N) is 1. The topological polar surface area (TPSA) is 116 Å². The molecule has 0 spiro atoms. The molecule has 0 aliphatic rings. The van der Waals surface area contributed by atoms with E-state index in [4.69, 9.17) is 5.73 Å². The summed E-state index contributed by atoms with van der Waals surface area (Å²) in [6, 6.07) is 19.4. The highest BCUT2D eigenvalue weighted by molar-refractivity contribution is 7.99. The molecule has 0 radical (unpaired) electrons. The first-order valence-electron chi connectivity index (χ1n) is 9.63. The van der Waals surface area contributed by atoms with Crippen LogP contribution in [0.15, 0.2) is 53.6 Å². The number of anilines is 2. The van der Waals surface area contributed by atoms with Gasteiger partial charge in [0.2, 0.25) is 5.91 Å². The smallest absolute Gasteiger partial charge is 0.225 e. The Morgan fingerprint density at radius 3 is 2.42 bits per heavy atom. The van der Waals surface area contributed by atoms with Crippen molar-refractivity contribution in [2.24, 2.45) is 0 Å². The summed E-state index contributed by atoms with van der Waals surface area (Å²) < 4.78 is 0. The van der Waals surface area contributed by atoms with Crippen LogP contribution in [0.4, 0.5) is 11.5 Å². The van der Waals surface area contributed by atoms with Gasteiger partial charge in [0.25, 0.3) is 0 Å². The largest absolute Gasteiger partial charge is 0.383 e. The zero-order valence-corrected chi connectivity index (χ0v) is 18.1. The van der Waals surface area contributed by atoms with E-state index in [1.54, 1.807) is 0 Å². The van der Waals surface area contributed by atoms with Gasteiger partial charge in [0, 0.05) is 23.4 Å². The molecule has 0 aliphatic heterocycles. The fourth-order valence-electron chi connectivity index (χ4n) is 3.10. The molecule has 1 heterocycles. The van der Waals surface area contributed by atoms with E-state index in [1.165, 1.54) is 11.8 Å². The Bertz CT molecular complexity index is 1210. The van der Waals surface area contributed by atoms with Gasteiger partial charge < -0.3 is 11.1 Å². The Morgan fingerprint density at radius 2 is 1.77 bits per heavy atom. The molecule has 31 heavy (non-hydrogen) atoms. The van der Waals surface area contributed by atoms with Gasteiger partial charge in [-0.25, -0.2) is 4.98 Å². The number of rotatable bonds is 6. The highest BCUT2D eigenvalue weighted by Gasteiger charge is 2.20. The lowest BCUT2D eigenvalue weighted by Gasteiger charge is -2.13. The van der Waals surface area contributed by atoms with Crippen LogP contribution < -0.4 is 11.1 Å². The number of carbonyl (C=O) groups excluding carboxylic acids is 1. The number of nitriles is 2. The summed E-state index contributed by atoms with van der Waals surface area (Å²) in [4.78, 5) is 16.6. The van der Waals surface area contributed by atoms with Gasteiger partial charge in [-0.2, -0.15) is 10.5 Å². The molecule has 154 valence electrons. The number of benzene rings is 2. The molecule has 0 saturated heterocycles. The predicted octanol–water partition coefficient (Wildman–Crippen LogP) is 4.81. The number of aromatic nitrogens is 1. The number of aryl methyl sites for hydroxylation is 2. The summed E-state index contributed by atoms with van der Waals surface area (Å²) in [7, 11) is 0. The second kappa shape index (κ2) is 9.80. The molecule has 1 aromatic heterocycles. The number of carbonyl (C=O) groups is 1. The minimum atomic E-state index is -0.128. The molecule has 3 aromatic rings. The summed E-state index contributed by atoms with van der Waals surface area (Å²) >= 11 is 1.28. The molecule has 0 bridgehead atoms. The van der Waals surface area contributed by atoms with Crippen LogP contribution in [0.2, 0.25) is 0 Å². The van der Waals surface area contributed by atoms with Crippen LogP contribution in [-0.4, -0.2) is 16.6 Å². The number of thioether (sulfide) groups is 1. The SMILES string of the molecule is Cc1ccc(-c2c(C#N)c(N)nc(SCCC(=O)Nc3cccc(C)c3)c2C#N)cc1. The van der Waals surface area contributed by atoms with Gasteiger partial charge in [0.1, 0.15) is 28.5 Å². The maximum atomic E-state index is 12.3. The Balaban J connectivity index is 1.81. The lowest BCUT2D eigenvalue weighted by atomic mass is 9.96. The van der Waals surface area contributed by atoms with Gasteiger partial charge in [-0.1, -0.05) is 42.0 Å². The van der Waals surface area contributed by atoms with Gasteiger partial charge in [0.15, 0.2) is 0 Å². The van der Waals surface area contributed by atoms with E-state index < -0.39 is 0 Å². The van der Waals surface area contributed by atoms with Crippen LogP contribution >= 0.6 is 11.8 Å². The average Bonchev–Trinajstić information content (AvgIpc) is 2.74. The summed E-state index contributed by atoms with van der Waals surface area (Å²) in [6.45, 7) is 3.92. The van der Waals surface area contributed by atoms with Crippen LogP contribution in [0.5, 0.6) is 0 Å². The van der Waals surface area contributed by atoms with Gasteiger partial charge in [0.05, 0.1) is 5.56 Å². The van der Waals surface area contributed by atoms with Gasteiger partial charge in [-0.05, 0) is 37.1 Å². The molecule has 3 rings (SSSR count). The van der Waals surface area contributed by atoms with Gasteiger partial charge in [-0.3, -0.25) is 4.79 Å². The second-order valence-electron chi connectivity index (χ2n) is 7.03. The molecular weight excluding hydrogens is 406 g/mol. The lowest BCUT2D eigenvalue weighted by Crippen LogP contribution is -2.12. The van der Waals surface area contributed by atoms with Crippen molar-refractivity contribution in [3.8, 4) is 23.3 Å². The molecular formula is C24H21N5OS. The number of pyridine rings is 1. The van der Waals surface area contributed by atoms with E-state index in [9.17, 15) is 15.3 Å². The third kappa shape index (κ3) is 5.22. The summed E-state index contributed by atoms with van der Waals surface area (Å²) in [5.74, 6) is 0.360. The molecule has 0 unspecified atom stereocenters. The maximum absolute atomic E-state index is 12.3. The fraction of sp³-hybridized carbons (Fsp3) is 0.167. The van der Waals surface area contributed by atoms with Crippen molar-refractivity contribution in [1.82, 2.24) is 4.98 Å². The van der Waals surface area contributed by atoms with E-state index in [1.807, 2.05) is 62.4 Å². The molecule has 6 nitrogen and oxygen atoms in total. The van der Waals surface area contributed by atoms with E-state index in [2.05, 4.69) is 22.4 Å². The van der Waals surface area contributed by atoms with Crippen molar-refractivity contribution in [3.05, 3.63) is 70.8 Å². The van der Waals surface area contributed by atoms with Crippen LogP contribution in [0.3, 0.4) is 0 Å². The first kappa shape index (κ1) is 21.9. The highest BCUT2D eigenvalue weighted by atomic mass is 32.2. The highest BCUT2D eigenvalue weighted by Crippen LogP contribution is 2.35. The third-order valence-electron chi connectivity index (χ3n) is 4.63. The maximum Gasteiger partial charge on any atom is 0.225 e. The summed E-state index contributed by atoms with van der Waals surface area (Å²) in [5, 5.41) is 22.7. The Morgan fingerprint density at radius 1 is 1.06 bits per heavy atom. The average molecular weight is 428 g/mol. The molecule has 7 heteroatoms. The number of amides is 1. The van der Waals surface area contributed by atoms with Gasteiger partial charge >= 0.3 is 0 Å². The van der Waals surface area contributed by atoms with E-state index in [-0.39, 0.29) is 23.7 Å². The zero-order valence-electron chi connectivity index (χ0n) is 17.3. The molecule has 2 aromatic carbocycles. The minimum absolute atomic E-state index is 0.0730. The third-order valence-corrected chi connectivity index (χ3v) is 5.60. The number of nitrogen functional groups attached to an aromatic ring is 1. The number of hydrogen-bond acceptors (Lipinski definition) is 6. The summed E-state index contributed by atoms with van der Waals surface area (Å²) in [5.41, 5.74) is 10.6. The Labute approximate surface area is 185 Å². The van der Waals surface area contributed by atoms with E-state index in [0.717, 1.165) is 22.4 Å². The zero-order chi connectivity index (χ0) is 22.4. The number of nitrogens with zero attached hydrogens (tertiary/aromatic N) is 3. The first-order chi connectivity index (χ1) is 14.9. The second-order valence-corrected chi connectivity index (χ2v) is 8.12. The van der Waals surface area contributed by atoms with Crippen molar-refractivity contribution < 1.29 is 4.79 Å². The minimum Gasteiger partial charge on any atom is -0.383 e. The van der Waals surface area contributed by atoms with E-state index >= 15 is 0 Å². The Kier molecular flexibility index (Phi) is 6.92. The lowest BCUT2D eigenvalue weighted by molar-refractivity contribution is -0.115. The molecule has 0 aliphatic carbocycles. The number of hydrogen-bond donors (Lipinski definition) is 2. The van der Waals surface area contributed by atoms with Crippen LogP contribution in [0.25, 0.3) is 11.1 Å². The molecule has 0 fully saturated rings. The van der Waals surface area contributed by atoms with Crippen molar-refractivity contribution in [2.75, 3.05) is 16.8 Å². The van der Waals surface area contributed by atoms with Crippen molar-refractivity contribution in [2.45, 2.75) is 25.3 Å². The Hall–Kier alpha value is -3.81. The monoisotopic (exact) mass is 427 g/mol. The first-order valence-corrected chi connectivity index (χ1v) is 10.6. The molecule has 0 atom stereocenters. The standard InChI is InChI=1S/C24H21N5OS/c1-15-6-8-17(9-7-15)22-19(13-25)23(27)29-24(20(22)14-26)31-11-10-21(30)28-18-5-3-4-16(2)12-18/h3-9,12H,10-11H2,1-2H3,(H2,27,29)(H,28,30). The summed E-state index contributed by atoms with van der Waals surface area (Å²) in [6.07, 6.45) is 0.241. The van der Waals surface area contributed by atoms with Gasteiger partial charge in [-0.15, -0.1) is 11.8 Å². The molecule has 1 amide bonds. The predicted molar refractivity (Wildman–Crippen MR) is 123 cm³/mol. The normalized spacial score (nSPS) is 10.2. The van der Waals surface area contributed by atoms with Crippen molar-refractivity contribution >= 4 is 29.2 Å². The van der Waals surface area contributed by atoms with E-state index in [0.29, 0.717) is 21.9 Å². The quantitative estimate of drug-likeness (QED) is 0.545. The van der Waals surface area contributed by atoms with Crippen molar-refractivity contribution in [1.29, 1.82) is 10.5 Å². The van der Waals surface area contributed by atoms with Crippen LogP contribution in [-0.2, 0) is 4.79 Å². The fourth-order valence-corrected chi connectivity index (χ4v) is 4.03. The van der Waals surface area contributed by atoms with Crippen LogP contribution in [0, 0.1) is 36.5 Å². The molecule has 0 saturated carbocycles. The van der Waals surface area contributed by atoms with Crippen LogP contribution in [0.1, 0.15) is 28.7 Å². The molecule has 3 N–H and O–H groups in total. The number of nitrogens with one attached hydrogen (secondary N) is 1. The van der Waals surface area contributed by atoms with Crippen molar-refractivity contribution in [3.63, 3.8) is 0 Å².